The Morgan fingerprint density at radius 1 is 1.03 bits per heavy atom. The standard InChI is InChI=1S/C24H17F6N5O2/c1-13-34(15-5-4-14(10-31)18(8-15)24(28,29)30)21(37)22(2,3)35(13)16-6-7-17-19(9-16)32-12-33(20(17)36)11-23(25,26)27/h4-9,12H,1,11H2,2-3H3. The van der Waals surface area contributed by atoms with Crippen LogP contribution in [-0.2, 0) is 17.5 Å². The molecule has 1 aliphatic rings. The van der Waals surface area contributed by atoms with Crippen molar-refractivity contribution in [1.29, 1.82) is 5.26 Å². The largest absolute Gasteiger partial charge is 0.417 e. The number of amides is 1. The van der Waals surface area contributed by atoms with E-state index in [0.29, 0.717) is 10.6 Å². The number of fused-ring (bicyclic) bond motifs is 1. The summed E-state index contributed by atoms with van der Waals surface area (Å²) in [7, 11) is 0. The summed E-state index contributed by atoms with van der Waals surface area (Å²) in [4.78, 5) is 32.2. The Labute approximate surface area is 205 Å². The number of carbonyl (C=O) groups is 1. The highest BCUT2D eigenvalue weighted by atomic mass is 19.4. The van der Waals surface area contributed by atoms with Crippen LogP contribution in [0.3, 0.4) is 0 Å². The number of alkyl halides is 6. The molecule has 0 unspecified atom stereocenters. The molecule has 2 aromatic carbocycles. The van der Waals surface area contributed by atoms with Crippen LogP contribution in [0, 0.1) is 11.3 Å². The van der Waals surface area contributed by atoms with Crippen LogP contribution in [0.1, 0.15) is 25.0 Å². The summed E-state index contributed by atoms with van der Waals surface area (Å²) in [6.07, 6.45) is -8.71. The molecule has 37 heavy (non-hydrogen) atoms. The SMILES string of the molecule is C=C1N(c2ccc(C#N)c(C(F)(F)F)c2)C(=O)C(C)(C)N1c1ccc2c(=O)n(CC(F)(F)F)cnc2c1. The van der Waals surface area contributed by atoms with E-state index in [2.05, 4.69) is 11.6 Å². The van der Waals surface area contributed by atoms with Gasteiger partial charge in [-0.2, -0.15) is 31.6 Å². The van der Waals surface area contributed by atoms with Crippen LogP contribution >= 0.6 is 0 Å². The monoisotopic (exact) mass is 521 g/mol. The minimum Gasteiger partial charge on any atom is -0.313 e. The number of nitriles is 1. The lowest BCUT2D eigenvalue weighted by atomic mass is 10.0. The Bertz CT molecular complexity index is 1550. The molecule has 0 bridgehead atoms. The molecule has 2 heterocycles. The highest BCUT2D eigenvalue weighted by Gasteiger charge is 2.49. The van der Waals surface area contributed by atoms with Crippen molar-refractivity contribution in [3.8, 4) is 6.07 Å². The average Bonchev–Trinajstić information content (AvgIpc) is 2.97. The lowest BCUT2D eigenvalue weighted by Gasteiger charge is -2.30. The zero-order valence-electron chi connectivity index (χ0n) is 19.3. The minimum atomic E-state index is -4.84. The van der Waals surface area contributed by atoms with Crippen LogP contribution in [0.2, 0.25) is 0 Å². The molecule has 13 heteroatoms. The Morgan fingerprint density at radius 2 is 1.68 bits per heavy atom. The fourth-order valence-corrected chi connectivity index (χ4v) is 4.24. The molecule has 1 saturated heterocycles. The van der Waals surface area contributed by atoms with E-state index in [1.807, 2.05) is 0 Å². The maximum atomic E-state index is 13.5. The van der Waals surface area contributed by atoms with Gasteiger partial charge in [-0.05, 0) is 50.2 Å². The van der Waals surface area contributed by atoms with Crippen molar-refractivity contribution in [2.75, 3.05) is 9.80 Å². The first-order chi connectivity index (χ1) is 17.1. The van der Waals surface area contributed by atoms with E-state index in [-0.39, 0.29) is 28.1 Å². The van der Waals surface area contributed by atoms with Gasteiger partial charge in [0.1, 0.15) is 17.9 Å². The van der Waals surface area contributed by atoms with Crippen molar-refractivity contribution in [3.63, 3.8) is 0 Å². The molecule has 4 rings (SSSR count). The zero-order chi connectivity index (χ0) is 27.5. The second-order valence-corrected chi connectivity index (χ2v) is 8.78. The van der Waals surface area contributed by atoms with Crippen molar-refractivity contribution in [2.45, 2.75) is 38.3 Å². The lowest BCUT2D eigenvalue weighted by molar-refractivity contribution is -0.141. The fraction of sp³-hybridized carbons (Fsp3) is 0.250. The normalized spacial score (nSPS) is 16.0. The van der Waals surface area contributed by atoms with Gasteiger partial charge in [0.05, 0.1) is 40.1 Å². The molecule has 0 spiro atoms. The Hall–Kier alpha value is -4.34. The summed E-state index contributed by atoms with van der Waals surface area (Å²) in [5, 5.41) is 8.96. The van der Waals surface area contributed by atoms with Crippen molar-refractivity contribution in [3.05, 3.63) is 76.6 Å². The molecule has 3 aromatic rings. The Kier molecular flexibility index (Phi) is 5.82. The highest BCUT2D eigenvalue weighted by molar-refractivity contribution is 6.10. The number of hydrogen-bond donors (Lipinski definition) is 0. The number of benzene rings is 2. The van der Waals surface area contributed by atoms with Gasteiger partial charge in [0.25, 0.3) is 11.5 Å². The molecule has 0 radical (unpaired) electrons. The predicted molar refractivity (Wildman–Crippen MR) is 121 cm³/mol. The third-order valence-corrected chi connectivity index (χ3v) is 5.91. The summed E-state index contributed by atoms with van der Waals surface area (Å²) in [6.45, 7) is 5.38. The molecule has 7 nitrogen and oxygen atoms in total. The number of carbonyl (C=O) groups excluding carboxylic acids is 1. The van der Waals surface area contributed by atoms with Crippen LogP contribution in [0.4, 0.5) is 37.7 Å². The number of rotatable bonds is 3. The van der Waals surface area contributed by atoms with Gasteiger partial charge in [-0.3, -0.25) is 19.1 Å². The smallest absolute Gasteiger partial charge is 0.313 e. The lowest BCUT2D eigenvalue weighted by Crippen LogP contribution is -2.43. The van der Waals surface area contributed by atoms with Gasteiger partial charge in [0.2, 0.25) is 0 Å². The molecule has 1 aromatic heterocycles. The van der Waals surface area contributed by atoms with Crippen LogP contribution in [0.5, 0.6) is 0 Å². The molecule has 0 aliphatic carbocycles. The molecule has 0 N–H and O–H groups in total. The van der Waals surface area contributed by atoms with Gasteiger partial charge in [-0.25, -0.2) is 4.98 Å². The Balaban J connectivity index is 1.78. The average molecular weight is 521 g/mol. The van der Waals surface area contributed by atoms with Gasteiger partial charge in [0.15, 0.2) is 0 Å². The number of halogens is 6. The molecule has 1 aliphatic heterocycles. The molecule has 192 valence electrons. The predicted octanol–water partition coefficient (Wildman–Crippen LogP) is 4.95. The third kappa shape index (κ3) is 4.39. The maximum Gasteiger partial charge on any atom is 0.417 e. The van der Waals surface area contributed by atoms with Crippen molar-refractivity contribution < 1.29 is 31.1 Å². The molecule has 0 atom stereocenters. The first-order valence-electron chi connectivity index (χ1n) is 10.6. The van der Waals surface area contributed by atoms with Crippen LogP contribution in [-0.4, -0.2) is 27.2 Å². The van der Waals surface area contributed by atoms with Crippen LogP contribution in [0.15, 0.2) is 59.9 Å². The van der Waals surface area contributed by atoms with Gasteiger partial charge >= 0.3 is 12.4 Å². The summed E-state index contributed by atoms with van der Waals surface area (Å²) >= 11 is 0. The molecule has 0 saturated carbocycles. The Morgan fingerprint density at radius 3 is 2.27 bits per heavy atom. The molecular formula is C24H17F6N5O2. The first-order valence-corrected chi connectivity index (χ1v) is 10.6. The van der Waals surface area contributed by atoms with Crippen LogP contribution < -0.4 is 15.4 Å². The number of hydrogen-bond acceptors (Lipinski definition) is 5. The summed E-state index contributed by atoms with van der Waals surface area (Å²) in [6, 6.07) is 8.33. The van der Waals surface area contributed by atoms with E-state index in [0.717, 1.165) is 17.3 Å². The summed E-state index contributed by atoms with van der Waals surface area (Å²) in [5.74, 6) is -0.637. The van der Waals surface area contributed by atoms with Crippen molar-refractivity contribution in [1.82, 2.24) is 9.55 Å². The van der Waals surface area contributed by atoms with E-state index in [1.165, 1.54) is 49.1 Å². The molecule has 1 amide bonds. The van der Waals surface area contributed by atoms with Crippen LogP contribution in [0.25, 0.3) is 10.9 Å². The number of aromatic nitrogens is 2. The van der Waals surface area contributed by atoms with E-state index < -0.39 is 47.0 Å². The van der Waals surface area contributed by atoms with Crippen molar-refractivity contribution in [2.24, 2.45) is 0 Å². The quantitative estimate of drug-likeness (QED) is 0.456. The van der Waals surface area contributed by atoms with Gasteiger partial charge in [-0.1, -0.05) is 6.58 Å². The van der Waals surface area contributed by atoms with Crippen molar-refractivity contribution >= 4 is 28.2 Å². The first kappa shape index (κ1) is 25.7. The van der Waals surface area contributed by atoms with Gasteiger partial charge in [0, 0.05) is 5.69 Å². The minimum absolute atomic E-state index is 0.0161. The van der Waals surface area contributed by atoms with E-state index in [4.69, 9.17) is 5.26 Å². The van der Waals surface area contributed by atoms with E-state index >= 15 is 0 Å². The second kappa shape index (κ2) is 8.36. The zero-order valence-corrected chi connectivity index (χ0v) is 19.3. The van der Waals surface area contributed by atoms with E-state index in [1.54, 1.807) is 0 Å². The molecular weight excluding hydrogens is 504 g/mol. The number of anilines is 2. The summed E-state index contributed by atoms with van der Waals surface area (Å²) in [5.41, 5.74) is -3.93. The topological polar surface area (TPSA) is 82.2 Å². The maximum absolute atomic E-state index is 13.5. The number of nitrogens with zero attached hydrogens (tertiary/aromatic N) is 5. The van der Waals surface area contributed by atoms with Gasteiger partial charge < -0.3 is 4.90 Å². The fourth-order valence-electron chi connectivity index (χ4n) is 4.24. The summed E-state index contributed by atoms with van der Waals surface area (Å²) < 4.78 is 79.2. The van der Waals surface area contributed by atoms with Gasteiger partial charge in [-0.15, -0.1) is 0 Å². The van der Waals surface area contributed by atoms with E-state index in [9.17, 15) is 35.9 Å². The second-order valence-electron chi connectivity index (χ2n) is 8.78. The molecule has 1 fully saturated rings. The highest BCUT2D eigenvalue weighted by Crippen LogP contribution is 2.42. The third-order valence-electron chi connectivity index (χ3n) is 5.91.